The average molecular weight is 253 g/mol. The molecule has 0 unspecified atom stereocenters. The van der Waals surface area contributed by atoms with Crippen LogP contribution in [0, 0.1) is 6.92 Å². The second kappa shape index (κ2) is 4.69. The number of rotatable bonds is 3. The van der Waals surface area contributed by atoms with Gasteiger partial charge in [-0.05, 0) is 37.3 Å². The molecule has 3 aromatic rings. The molecular formula is C16H15NO2. The number of anilines is 1. The van der Waals surface area contributed by atoms with Gasteiger partial charge in [-0.25, -0.2) is 0 Å². The van der Waals surface area contributed by atoms with Crippen molar-refractivity contribution in [3.05, 3.63) is 59.9 Å². The number of hydrogen-bond acceptors (Lipinski definition) is 3. The Morgan fingerprint density at radius 1 is 1.11 bits per heavy atom. The van der Waals surface area contributed by atoms with E-state index in [1.165, 1.54) is 5.56 Å². The lowest BCUT2D eigenvalue weighted by Gasteiger charge is -2.05. The molecule has 2 aromatic carbocycles. The van der Waals surface area contributed by atoms with Crippen molar-refractivity contribution in [2.24, 2.45) is 0 Å². The van der Waals surface area contributed by atoms with Gasteiger partial charge < -0.3 is 14.9 Å². The first-order valence-corrected chi connectivity index (χ1v) is 6.17. The van der Waals surface area contributed by atoms with Gasteiger partial charge in [0.1, 0.15) is 17.9 Å². The molecule has 0 saturated carbocycles. The van der Waals surface area contributed by atoms with E-state index in [2.05, 4.69) is 6.92 Å². The van der Waals surface area contributed by atoms with Gasteiger partial charge in [-0.2, -0.15) is 0 Å². The van der Waals surface area contributed by atoms with Crippen molar-refractivity contribution in [3.63, 3.8) is 0 Å². The number of hydrogen-bond donors (Lipinski definition) is 1. The Labute approximate surface area is 111 Å². The Morgan fingerprint density at radius 3 is 2.68 bits per heavy atom. The Morgan fingerprint density at radius 2 is 1.89 bits per heavy atom. The highest BCUT2D eigenvalue weighted by atomic mass is 16.5. The largest absolute Gasteiger partial charge is 0.489 e. The number of ether oxygens (including phenoxy) is 1. The normalized spacial score (nSPS) is 10.8. The van der Waals surface area contributed by atoms with Crippen LogP contribution in [-0.4, -0.2) is 0 Å². The first-order valence-electron chi connectivity index (χ1n) is 6.17. The van der Waals surface area contributed by atoms with Gasteiger partial charge in [0, 0.05) is 16.6 Å². The van der Waals surface area contributed by atoms with Crippen LogP contribution in [0.1, 0.15) is 11.1 Å². The lowest BCUT2D eigenvalue weighted by molar-refractivity contribution is 0.306. The molecule has 0 bridgehead atoms. The molecule has 3 nitrogen and oxygen atoms in total. The smallest absolute Gasteiger partial charge is 0.134 e. The van der Waals surface area contributed by atoms with Crippen LogP contribution in [0.4, 0.5) is 5.69 Å². The molecule has 0 saturated heterocycles. The minimum Gasteiger partial charge on any atom is -0.489 e. The number of fused-ring (bicyclic) bond motifs is 1. The summed E-state index contributed by atoms with van der Waals surface area (Å²) < 4.78 is 11.2. The van der Waals surface area contributed by atoms with Crippen LogP contribution in [0.25, 0.3) is 11.0 Å². The van der Waals surface area contributed by atoms with Crippen molar-refractivity contribution in [1.82, 2.24) is 0 Å². The Bertz CT molecular complexity index is 698. The van der Waals surface area contributed by atoms with E-state index in [0.29, 0.717) is 6.61 Å². The maximum absolute atomic E-state index is 5.79. The summed E-state index contributed by atoms with van der Waals surface area (Å²) >= 11 is 0. The Kier molecular flexibility index (Phi) is 2.88. The van der Waals surface area contributed by atoms with E-state index >= 15 is 0 Å². The van der Waals surface area contributed by atoms with Crippen molar-refractivity contribution in [2.75, 3.05) is 5.73 Å². The lowest BCUT2D eigenvalue weighted by Crippen LogP contribution is -1.94. The fraction of sp³-hybridized carbons (Fsp3) is 0.125. The Balaban J connectivity index is 1.81. The van der Waals surface area contributed by atoms with Gasteiger partial charge in [0.05, 0.1) is 6.26 Å². The van der Waals surface area contributed by atoms with Crippen molar-refractivity contribution < 1.29 is 9.15 Å². The fourth-order valence-electron chi connectivity index (χ4n) is 2.01. The molecule has 3 rings (SSSR count). The SMILES string of the molecule is Cc1ccc(OCc2coc3ccc(N)cc23)cc1. The maximum atomic E-state index is 5.79. The molecule has 96 valence electrons. The third-order valence-corrected chi connectivity index (χ3v) is 3.09. The van der Waals surface area contributed by atoms with Gasteiger partial charge in [-0.15, -0.1) is 0 Å². The quantitative estimate of drug-likeness (QED) is 0.720. The average Bonchev–Trinajstić information content (AvgIpc) is 2.80. The summed E-state index contributed by atoms with van der Waals surface area (Å²) in [6.07, 6.45) is 1.72. The predicted octanol–water partition coefficient (Wildman–Crippen LogP) is 3.90. The number of nitrogen functional groups attached to an aromatic ring is 1. The first kappa shape index (κ1) is 11.7. The Hall–Kier alpha value is -2.42. The van der Waals surface area contributed by atoms with Crippen LogP contribution in [0.2, 0.25) is 0 Å². The van der Waals surface area contributed by atoms with Gasteiger partial charge >= 0.3 is 0 Å². The number of aryl methyl sites for hydroxylation is 1. The molecule has 0 atom stereocenters. The van der Waals surface area contributed by atoms with Crippen LogP contribution in [0.3, 0.4) is 0 Å². The molecular weight excluding hydrogens is 238 g/mol. The highest BCUT2D eigenvalue weighted by Gasteiger charge is 2.06. The molecule has 0 aliphatic rings. The van der Waals surface area contributed by atoms with Crippen molar-refractivity contribution in [2.45, 2.75) is 13.5 Å². The molecule has 1 heterocycles. The summed E-state index contributed by atoms with van der Waals surface area (Å²) in [5.74, 6) is 0.851. The van der Waals surface area contributed by atoms with E-state index < -0.39 is 0 Å². The molecule has 0 amide bonds. The van der Waals surface area contributed by atoms with Crippen molar-refractivity contribution in [3.8, 4) is 5.75 Å². The zero-order valence-electron chi connectivity index (χ0n) is 10.7. The summed E-state index contributed by atoms with van der Waals surface area (Å²) in [7, 11) is 0. The van der Waals surface area contributed by atoms with E-state index in [-0.39, 0.29) is 0 Å². The van der Waals surface area contributed by atoms with Crippen LogP contribution >= 0.6 is 0 Å². The topological polar surface area (TPSA) is 48.4 Å². The molecule has 0 aliphatic carbocycles. The summed E-state index contributed by atoms with van der Waals surface area (Å²) in [6.45, 7) is 2.52. The van der Waals surface area contributed by atoms with Gasteiger partial charge in [-0.3, -0.25) is 0 Å². The number of nitrogens with two attached hydrogens (primary N) is 1. The fourth-order valence-corrected chi connectivity index (χ4v) is 2.01. The van der Waals surface area contributed by atoms with Crippen LogP contribution in [0.15, 0.2) is 53.1 Å². The van der Waals surface area contributed by atoms with E-state index in [1.54, 1.807) is 6.26 Å². The van der Waals surface area contributed by atoms with Crippen molar-refractivity contribution in [1.29, 1.82) is 0 Å². The van der Waals surface area contributed by atoms with E-state index in [4.69, 9.17) is 14.9 Å². The first-order chi connectivity index (χ1) is 9.22. The minimum absolute atomic E-state index is 0.472. The zero-order valence-corrected chi connectivity index (χ0v) is 10.7. The monoisotopic (exact) mass is 253 g/mol. The molecule has 0 spiro atoms. The highest BCUT2D eigenvalue weighted by Crippen LogP contribution is 2.24. The van der Waals surface area contributed by atoms with E-state index in [9.17, 15) is 0 Å². The van der Waals surface area contributed by atoms with Crippen LogP contribution < -0.4 is 10.5 Å². The lowest BCUT2D eigenvalue weighted by atomic mass is 10.1. The maximum Gasteiger partial charge on any atom is 0.134 e. The zero-order chi connectivity index (χ0) is 13.2. The molecule has 19 heavy (non-hydrogen) atoms. The van der Waals surface area contributed by atoms with Crippen LogP contribution in [0.5, 0.6) is 5.75 Å². The van der Waals surface area contributed by atoms with Gasteiger partial charge in [0.25, 0.3) is 0 Å². The standard InChI is InChI=1S/C16H15NO2/c1-11-2-5-14(6-3-11)18-9-12-10-19-16-7-4-13(17)8-15(12)16/h2-8,10H,9,17H2,1H3. The molecule has 0 radical (unpaired) electrons. The minimum atomic E-state index is 0.472. The van der Waals surface area contributed by atoms with E-state index in [0.717, 1.165) is 28.0 Å². The third kappa shape index (κ3) is 2.40. The molecule has 0 aliphatic heterocycles. The molecule has 0 fully saturated rings. The summed E-state index contributed by atoms with van der Waals surface area (Å²) in [5.41, 5.74) is 9.57. The van der Waals surface area contributed by atoms with Gasteiger partial charge in [0.2, 0.25) is 0 Å². The summed E-state index contributed by atoms with van der Waals surface area (Å²) in [4.78, 5) is 0. The second-order valence-electron chi connectivity index (χ2n) is 4.62. The van der Waals surface area contributed by atoms with Gasteiger partial charge in [0.15, 0.2) is 0 Å². The summed E-state index contributed by atoms with van der Waals surface area (Å²) in [5, 5.41) is 1.01. The summed E-state index contributed by atoms with van der Waals surface area (Å²) in [6, 6.07) is 13.6. The third-order valence-electron chi connectivity index (χ3n) is 3.09. The van der Waals surface area contributed by atoms with Gasteiger partial charge in [-0.1, -0.05) is 17.7 Å². The number of benzene rings is 2. The molecule has 2 N–H and O–H groups in total. The number of furan rings is 1. The van der Waals surface area contributed by atoms with Crippen molar-refractivity contribution >= 4 is 16.7 Å². The second-order valence-corrected chi connectivity index (χ2v) is 4.62. The molecule has 3 heteroatoms. The van der Waals surface area contributed by atoms with Crippen LogP contribution in [-0.2, 0) is 6.61 Å². The molecule has 1 aromatic heterocycles. The highest BCUT2D eigenvalue weighted by molar-refractivity contribution is 5.84. The predicted molar refractivity (Wildman–Crippen MR) is 76.1 cm³/mol. The van der Waals surface area contributed by atoms with E-state index in [1.807, 2.05) is 42.5 Å².